The fraction of sp³-hybridized carbons (Fsp3) is 0.381. The maximum Gasteiger partial charge on any atom is 0.416 e. The van der Waals surface area contributed by atoms with Crippen LogP contribution in [0.3, 0.4) is 0 Å². The summed E-state index contributed by atoms with van der Waals surface area (Å²) in [6, 6.07) is 14.4. The minimum absolute atomic E-state index is 0.0399. The van der Waals surface area contributed by atoms with Gasteiger partial charge >= 0.3 is 12.3 Å². The van der Waals surface area contributed by atoms with E-state index >= 15 is 0 Å². The fourth-order valence-electron chi connectivity index (χ4n) is 4.24. The Kier molecular flexibility index (Phi) is 4.79. The van der Waals surface area contributed by atoms with Gasteiger partial charge in [-0.05, 0) is 35.1 Å². The molecule has 28 heavy (non-hydrogen) atoms. The lowest BCUT2D eigenvalue weighted by Gasteiger charge is -2.29. The second-order valence-corrected chi connectivity index (χ2v) is 7.19. The molecule has 2 atom stereocenters. The van der Waals surface area contributed by atoms with Crippen LogP contribution >= 0.6 is 0 Å². The summed E-state index contributed by atoms with van der Waals surface area (Å²) in [5, 5.41) is 9.57. The highest BCUT2D eigenvalue weighted by Crippen LogP contribution is 2.44. The molecule has 2 unspecified atom stereocenters. The van der Waals surface area contributed by atoms with Gasteiger partial charge in [-0.1, -0.05) is 48.5 Å². The molecule has 2 aromatic rings. The summed E-state index contributed by atoms with van der Waals surface area (Å²) < 4.78 is 44.0. The Bertz CT molecular complexity index is 838. The average molecular weight is 391 g/mol. The first kappa shape index (κ1) is 18.8. The minimum atomic E-state index is -4.77. The first-order valence-corrected chi connectivity index (χ1v) is 9.24. The van der Waals surface area contributed by atoms with E-state index in [-0.39, 0.29) is 25.5 Å². The molecule has 1 N–H and O–H groups in total. The summed E-state index contributed by atoms with van der Waals surface area (Å²) in [5.41, 5.74) is 4.21. The van der Waals surface area contributed by atoms with Crippen molar-refractivity contribution in [2.75, 3.05) is 13.2 Å². The van der Waals surface area contributed by atoms with Crippen LogP contribution in [0.25, 0.3) is 11.1 Å². The van der Waals surface area contributed by atoms with Crippen molar-refractivity contribution in [2.24, 2.45) is 0 Å². The number of hydrogen-bond donors (Lipinski definition) is 1. The lowest BCUT2D eigenvalue weighted by atomic mass is 9.98. The fourth-order valence-corrected chi connectivity index (χ4v) is 4.24. The van der Waals surface area contributed by atoms with Crippen LogP contribution in [-0.4, -0.2) is 47.6 Å². The van der Waals surface area contributed by atoms with Gasteiger partial charge in [-0.15, -0.1) is 0 Å². The SMILES string of the molecule is O=C(OCC1c2ccccc2-c2ccccc21)N1CCCC1C(O)C(F)(F)F. The number of ether oxygens (including phenoxy) is 1. The van der Waals surface area contributed by atoms with Crippen LogP contribution in [0.15, 0.2) is 48.5 Å². The number of hydrogen-bond acceptors (Lipinski definition) is 3. The van der Waals surface area contributed by atoms with Crippen molar-refractivity contribution < 1.29 is 27.8 Å². The van der Waals surface area contributed by atoms with E-state index < -0.39 is 24.4 Å². The Morgan fingerprint density at radius 3 is 2.25 bits per heavy atom. The predicted octanol–water partition coefficient (Wildman–Crippen LogP) is 4.32. The third-order valence-corrected chi connectivity index (χ3v) is 5.57. The zero-order valence-electron chi connectivity index (χ0n) is 15.0. The highest BCUT2D eigenvalue weighted by Gasteiger charge is 2.48. The van der Waals surface area contributed by atoms with Gasteiger partial charge < -0.3 is 14.7 Å². The van der Waals surface area contributed by atoms with E-state index in [1.807, 2.05) is 48.5 Å². The number of likely N-dealkylation sites (tertiary alicyclic amines) is 1. The third kappa shape index (κ3) is 3.24. The first-order valence-electron chi connectivity index (χ1n) is 9.24. The van der Waals surface area contributed by atoms with E-state index in [9.17, 15) is 23.1 Å². The second kappa shape index (κ2) is 7.13. The van der Waals surface area contributed by atoms with E-state index in [2.05, 4.69) is 0 Å². The Morgan fingerprint density at radius 1 is 1.11 bits per heavy atom. The van der Waals surface area contributed by atoms with Crippen LogP contribution in [0.2, 0.25) is 0 Å². The summed E-state index contributed by atoms with van der Waals surface area (Å²) >= 11 is 0. The molecular formula is C21H20F3NO3. The summed E-state index contributed by atoms with van der Waals surface area (Å²) in [4.78, 5) is 13.5. The number of rotatable bonds is 3. The van der Waals surface area contributed by atoms with Crippen molar-refractivity contribution in [3.05, 3.63) is 59.7 Å². The molecule has 1 heterocycles. The molecule has 4 nitrogen and oxygen atoms in total. The van der Waals surface area contributed by atoms with Crippen LogP contribution < -0.4 is 0 Å². The molecule has 148 valence electrons. The van der Waals surface area contributed by atoms with Gasteiger partial charge in [0.05, 0.1) is 6.04 Å². The van der Waals surface area contributed by atoms with Gasteiger partial charge in [-0.3, -0.25) is 0 Å². The molecule has 2 aliphatic rings. The monoisotopic (exact) mass is 391 g/mol. The van der Waals surface area contributed by atoms with Gasteiger partial charge in [-0.25, -0.2) is 4.79 Å². The van der Waals surface area contributed by atoms with E-state index in [1.165, 1.54) is 0 Å². The van der Waals surface area contributed by atoms with Crippen LogP contribution in [0.5, 0.6) is 0 Å². The zero-order chi connectivity index (χ0) is 19.9. The summed E-state index contributed by atoms with van der Waals surface area (Å²) in [6.45, 7) is 0.187. The zero-order valence-corrected chi connectivity index (χ0v) is 15.0. The molecule has 2 aromatic carbocycles. The number of aliphatic hydroxyl groups is 1. The summed E-state index contributed by atoms with van der Waals surface area (Å²) in [7, 11) is 0. The number of carbonyl (C=O) groups excluding carboxylic acids is 1. The molecule has 1 aliphatic carbocycles. The Labute approximate surface area is 160 Å². The maximum absolute atomic E-state index is 12.9. The van der Waals surface area contributed by atoms with Crippen LogP contribution in [-0.2, 0) is 4.74 Å². The molecule has 7 heteroatoms. The lowest BCUT2D eigenvalue weighted by Crippen LogP contribution is -2.49. The van der Waals surface area contributed by atoms with Crippen molar-refractivity contribution in [1.29, 1.82) is 0 Å². The standard InChI is InChI=1S/C21H20F3NO3/c22-21(23,24)19(26)18-10-5-11-25(18)20(27)28-12-17-15-8-3-1-6-13(15)14-7-2-4-9-16(14)17/h1-4,6-9,17-19,26H,5,10-12H2. The van der Waals surface area contributed by atoms with Gasteiger partial charge in [-0.2, -0.15) is 13.2 Å². The van der Waals surface area contributed by atoms with Crippen molar-refractivity contribution in [3.63, 3.8) is 0 Å². The molecule has 0 bridgehead atoms. The molecule has 1 saturated heterocycles. The van der Waals surface area contributed by atoms with Gasteiger partial charge in [0.25, 0.3) is 0 Å². The molecule has 4 rings (SSSR count). The molecule has 0 radical (unpaired) electrons. The smallest absolute Gasteiger partial charge is 0.416 e. The van der Waals surface area contributed by atoms with Gasteiger partial charge in [0.2, 0.25) is 0 Å². The highest BCUT2D eigenvalue weighted by molar-refractivity contribution is 5.79. The number of aliphatic hydroxyl groups excluding tert-OH is 1. The largest absolute Gasteiger partial charge is 0.448 e. The first-order chi connectivity index (χ1) is 13.4. The maximum atomic E-state index is 12.9. The Hall–Kier alpha value is -2.54. The average Bonchev–Trinajstić information content (AvgIpc) is 3.28. The number of nitrogens with zero attached hydrogens (tertiary/aromatic N) is 1. The van der Waals surface area contributed by atoms with Crippen LogP contribution in [0.4, 0.5) is 18.0 Å². The molecule has 1 fully saturated rings. The number of amides is 1. The van der Waals surface area contributed by atoms with E-state index in [0.29, 0.717) is 6.42 Å². The van der Waals surface area contributed by atoms with Gasteiger partial charge in [0.1, 0.15) is 6.61 Å². The summed E-state index contributed by atoms with van der Waals surface area (Å²) in [6.07, 6.45) is -7.63. The molecular weight excluding hydrogens is 371 g/mol. The third-order valence-electron chi connectivity index (χ3n) is 5.57. The van der Waals surface area contributed by atoms with Gasteiger partial charge in [0.15, 0.2) is 6.10 Å². The van der Waals surface area contributed by atoms with Crippen molar-refractivity contribution in [2.45, 2.75) is 37.1 Å². The number of benzene rings is 2. The van der Waals surface area contributed by atoms with Crippen LogP contribution in [0.1, 0.15) is 29.9 Å². The predicted molar refractivity (Wildman–Crippen MR) is 96.9 cm³/mol. The number of alkyl halides is 3. The molecule has 1 aliphatic heterocycles. The minimum Gasteiger partial charge on any atom is -0.448 e. The number of halogens is 3. The van der Waals surface area contributed by atoms with Crippen molar-refractivity contribution >= 4 is 6.09 Å². The number of carbonyl (C=O) groups is 1. The topological polar surface area (TPSA) is 49.8 Å². The molecule has 0 aromatic heterocycles. The van der Waals surface area contributed by atoms with E-state index in [4.69, 9.17) is 4.74 Å². The van der Waals surface area contributed by atoms with E-state index in [1.54, 1.807) is 0 Å². The Morgan fingerprint density at radius 2 is 1.68 bits per heavy atom. The quantitative estimate of drug-likeness (QED) is 0.848. The Balaban J connectivity index is 1.50. The molecule has 1 amide bonds. The molecule has 0 saturated carbocycles. The normalized spacial score (nSPS) is 20.0. The second-order valence-electron chi connectivity index (χ2n) is 7.19. The lowest BCUT2D eigenvalue weighted by molar-refractivity contribution is -0.217. The van der Waals surface area contributed by atoms with Crippen molar-refractivity contribution in [1.82, 2.24) is 4.90 Å². The van der Waals surface area contributed by atoms with Crippen molar-refractivity contribution in [3.8, 4) is 11.1 Å². The van der Waals surface area contributed by atoms with Gasteiger partial charge in [0, 0.05) is 12.5 Å². The molecule has 0 spiro atoms. The van der Waals surface area contributed by atoms with E-state index in [0.717, 1.165) is 27.2 Å². The number of fused-ring (bicyclic) bond motifs is 3. The highest BCUT2D eigenvalue weighted by atomic mass is 19.4. The van der Waals surface area contributed by atoms with Crippen LogP contribution in [0, 0.1) is 0 Å². The summed E-state index contributed by atoms with van der Waals surface area (Å²) in [5.74, 6) is -0.162.